The van der Waals surface area contributed by atoms with Crippen LogP contribution in [0.5, 0.6) is 5.88 Å². The van der Waals surface area contributed by atoms with Gasteiger partial charge in [0, 0.05) is 37.1 Å². The third kappa shape index (κ3) is 1.58. The molecule has 70 valence electrons. The summed E-state index contributed by atoms with van der Waals surface area (Å²) in [5.41, 5.74) is 6.82. The molecule has 1 aromatic rings. The molecule has 1 saturated heterocycles. The first kappa shape index (κ1) is 8.31. The molecule has 4 heteroatoms. The molecule has 0 radical (unpaired) electrons. The minimum atomic E-state index is 0.319. The highest BCUT2D eigenvalue weighted by molar-refractivity contribution is 5.50. The number of hydrogen-bond donors (Lipinski definition) is 1. The Morgan fingerprint density at radius 2 is 2.38 bits per heavy atom. The molecule has 0 bridgehead atoms. The van der Waals surface area contributed by atoms with E-state index in [1.807, 2.05) is 12.1 Å². The molecule has 0 spiro atoms. The molecule has 2 N–H and O–H groups in total. The van der Waals surface area contributed by atoms with E-state index in [0.29, 0.717) is 11.9 Å². The third-order valence-electron chi connectivity index (χ3n) is 2.20. The molecule has 0 atom stereocenters. The zero-order valence-corrected chi connectivity index (χ0v) is 7.60. The average Bonchev–Trinajstić information content (AvgIpc) is 2.13. The van der Waals surface area contributed by atoms with Crippen LogP contribution in [-0.2, 0) is 0 Å². The van der Waals surface area contributed by atoms with Gasteiger partial charge >= 0.3 is 0 Å². The second-order valence-electron chi connectivity index (χ2n) is 3.22. The van der Waals surface area contributed by atoms with Gasteiger partial charge in [-0.15, -0.1) is 0 Å². The lowest BCUT2D eigenvalue weighted by Gasteiger charge is -2.38. The van der Waals surface area contributed by atoms with Gasteiger partial charge in [0.15, 0.2) is 0 Å². The van der Waals surface area contributed by atoms with Crippen LogP contribution in [0.3, 0.4) is 0 Å². The van der Waals surface area contributed by atoms with Crippen molar-refractivity contribution < 1.29 is 4.74 Å². The van der Waals surface area contributed by atoms with Crippen LogP contribution in [0.4, 0.5) is 5.69 Å². The third-order valence-corrected chi connectivity index (χ3v) is 2.20. The number of pyridine rings is 1. The van der Waals surface area contributed by atoms with Crippen LogP contribution in [0.15, 0.2) is 18.3 Å². The lowest BCUT2D eigenvalue weighted by molar-refractivity contribution is 0.397. The van der Waals surface area contributed by atoms with Crippen molar-refractivity contribution in [1.29, 1.82) is 0 Å². The molecule has 1 aliphatic rings. The first-order chi connectivity index (χ1) is 6.29. The normalized spacial score (nSPS) is 16.9. The van der Waals surface area contributed by atoms with E-state index in [9.17, 15) is 0 Å². The highest BCUT2D eigenvalue weighted by Gasteiger charge is 2.23. The van der Waals surface area contributed by atoms with Gasteiger partial charge in [-0.3, -0.25) is 0 Å². The van der Waals surface area contributed by atoms with Crippen molar-refractivity contribution in [3.05, 3.63) is 18.3 Å². The van der Waals surface area contributed by atoms with E-state index in [1.54, 1.807) is 13.3 Å². The lowest BCUT2D eigenvalue weighted by Crippen LogP contribution is -2.55. The molecule has 0 amide bonds. The Kier molecular flexibility index (Phi) is 2.06. The Morgan fingerprint density at radius 3 is 3.00 bits per heavy atom. The zero-order chi connectivity index (χ0) is 9.26. The second kappa shape index (κ2) is 3.22. The Hall–Kier alpha value is -1.29. The van der Waals surface area contributed by atoms with Crippen molar-refractivity contribution >= 4 is 5.69 Å². The Labute approximate surface area is 77.3 Å². The van der Waals surface area contributed by atoms with Crippen molar-refractivity contribution in [2.24, 2.45) is 5.73 Å². The maximum atomic E-state index is 5.69. The van der Waals surface area contributed by atoms with Crippen molar-refractivity contribution in [2.75, 3.05) is 25.1 Å². The predicted octanol–water partition coefficient (Wildman–Crippen LogP) is 0.237. The number of hydrogen-bond acceptors (Lipinski definition) is 4. The van der Waals surface area contributed by atoms with Crippen molar-refractivity contribution in [1.82, 2.24) is 4.98 Å². The first-order valence-corrected chi connectivity index (χ1v) is 4.30. The number of anilines is 1. The molecular weight excluding hydrogens is 166 g/mol. The van der Waals surface area contributed by atoms with Gasteiger partial charge in [0.05, 0.1) is 7.11 Å². The largest absolute Gasteiger partial charge is 0.481 e. The highest BCUT2D eigenvalue weighted by atomic mass is 16.5. The molecule has 4 nitrogen and oxygen atoms in total. The van der Waals surface area contributed by atoms with Crippen LogP contribution in [0, 0.1) is 0 Å². The van der Waals surface area contributed by atoms with Gasteiger partial charge in [-0.25, -0.2) is 4.98 Å². The summed E-state index contributed by atoms with van der Waals surface area (Å²) in [5, 5.41) is 0. The summed E-state index contributed by atoms with van der Waals surface area (Å²) in [4.78, 5) is 6.24. The maximum Gasteiger partial charge on any atom is 0.214 e. The average molecular weight is 179 g/mol. The van der Waals surface area contributed by atoms with Crippen molar-refractivity contribution in [2.45, 2.75) is 6.04 Å². The second-order valence-corrected chi connectivity index (χ2v) is 3.22. The smallest absolute Gasteiger partial charge is 0.214 e. The summed E-state index contributed by atoms with van der Waals surface area (Å²) in [5.74, 6) is 0.651. The Morgan fingerprint density at radius 1 is 1.62 bits per heavy atom. The highest BCUT2D eigenvalue weighted by Crippen LogP contribution is 2.22. The molecule has 2 heterocycles. The minimum absolute atomic E-state index is 0.319. The maximum absolute atomic E-state index is 5.69. The number of nitrogens with two attached hydrogens (primary N) is 1. The summed E-state index contributed by atoms with van der Waals surface area (Å²) in [6.07, 6.45) is 1.75. The number of methoxy groups -OCH3 is 1. The molecule has 1 aliphatic heterocycles. The van der Waals surface area contributed by atoms with Gasteiger partial charge in [0.25, 0.3) is 0 Å². The predicted molar refractivity (Wildman–Crippen MR) is 51.0 cm³/mol. The summed E-state index contributed by atoms with van der Waals surface area (Å²) < 4.78 is 5.03. The van der Waals surface area contributed by atoms with Gasteiger partial charge in [-0.05, 0) is 6.07 Å². The van der Waals surface area contributed by atoms with Crippen LogP contribution >= 0.6 is 0 Å². The number of aromatic nitrogens is 1. The van der Waals surface area contributed by atoms with Crippen molar-refractivity contribution in [3.63, 3.8) is 0 Å². The fraction of sp³-hybridized carbons (Fsp3) is 0.444. The molecule has 0 aromatic carbocycles. The lowest BCUT2D eigenvalue weighted by atomic mass is 10.1. The topological polar surface area (TPSA) is 51.4 Å². The van der Waals surface area contributed by atoms with Crippen LogP contribution < -0.4 is 15.4 Å². The van der Waals surface area contributed by atoms with E-state index < -0.39 is 0 Å². The standard InChI is InChI=1S/C9H13N3O/c1-13-9-4-8(2-3-11-9)12-5-7(10)6-12/h2-4,7H,5-6,10H2,1H3. The molecule has 2 rings (SSSR count). The number of nitrogens with zero attached hydrogens (tertiary/aromatic N) is 2. The molecular formula is C9H13N3O. The van der Waals surface area contributed by atoms with E-state index in [0.717, 1.165) is 18.8 Å². The molecule has 1 fully saturated rings. The quantitative estimate of drug-likeness (QED) is 0.706. The van der Waals surface area contributed by atoms with Crippen LogP contribution in [0.1, 0.15) is 0 Å². The van der Waals surface area contributed by atoms with E-state index >= 15 is 0 Å². The monoisotopic (exact) mass is 179 g/mol. The molecule has 1 aromatic heterocycles. The van der Waals surface area contributed by atoms with Crippen LogP contribution in [-0.4, -0.2) is 31.2 Å². The van der Waals surface area contributed by atoms with E-state index in [2.05, 4.69) is 9.88 Å². The molecule has 0 unspecified atom stereocenters. The SMILES string of the molecule is COc1cc(N2CC(N)C2)ccn1. The molecule has 13 heavy (non-hydrogen) atoms. The fourth-order valence-electron chi connectivity index (χ4n) is 1.43. The Bertz CT molecular complexity index is 297. The summed E-state index contributed by atoms with van der Waals surface area (Å²) in [7, 11) is 1.62. The van der Waals surface area contributed by atoms with Crippen LogP contribution in [0.2, 0.25) is 0 Å². The van der Waals surface area contributed by atoms with E-state index in [-0.39, 0.29) is 0 Å². The minimum Gasteiger partial charge on any atom is -0.481 e. The number of ether oxygens (including phenoxy) is 1. The summed E-state index contributed by atoms with van der Waals surface area (Å²) >= 11 is 0. The fourth-order valence-corrected chi connectivity index (χ4v) is 1.43. The van der Waals surface area contributed by atoms with Gasteiger partial charge in [0.2, 0.25) is 5.88 Å². The summed E-state index contributed by atoms with van der Waals surface area (Å²) in [6, 6.07) is 4.21. The van der Waals surface area contributed by atoms with Gasteiger partial charge < -0.3 is 15.4 Å². The van der Waals surface area contributed by atoms with E-state index in [4.69, 9.17) is 10.5 Å². The van der Waals surface area contributed by atoms with Gasteiger partial charge in [0.1, 0.15) is 0 Å². The summed E-state index contributed by atoms with van der Waals surface area (Å²) in [6.45, 7) is 1.85. The zero-order valence-electron chi connectivity index (χ0n) is 7.60. The van der Waals surface area contributed by atoms with Crippen LogP contribution in [0.25, 0.3) is 0 Å². The van der Waals surface area contributed by atoms with Gasteiger partial charge in [-0.1, -0.05) is 0 Å². The number of rotatable bonds is 2. The Balaban J connectivity index is 2.12. The molecule has 0 saturated carbocycles. The first-order valence-electron chi connectivity index (χ1n) is 4.30. The van der Waals surface area contributed by atoms with Gasteiger partial charge in [-0.2, -0.15) is 0 Å². The van der Waals surface area contributed by atoms with E-state index in [1.165, 1.54) is 0 Å². The molecule has 0 aliphatic carbocycles. The van der Waals surface area contributed by atoms with Crippen molar-refractivity contribution in [3.8, 4) is 5.88 Å².